The lowest BCUT2D eigenvalue weighted by Gasteiger charge is -2.10. The molecule has 1 unspecified atom stereocenters. The first-order valence-corrected chi connectivity index (χ1v) is 5.35. The molecule has 1 nitrogen and oxygen atoms in total. The summed E-state index contributed by atoms with van der Waals surface area (Å²) in [7, 11) is 0. The lowest BCUT2D eigenvalue weighted by molar-refractivity contribution is -0.118. The summed E-state index contributed by atoms with van der Waals surface area (Å²) >= 11 is 6.12. The highest BCUT2D eigenvalue weighted by Crippen LogP contribution is 2.35. The largest absolute Gasteiger partial charge is 0.299 e. The van der Waals surface area contributed by atoms with E-state index in [0.717, 1.165) is 35.4 Å². The van der Waals surface area contributed by atoms with Crippen molar-refractivity contribution in [3.63, 3.8) is 0 Å². The smallest absolute Gasteiger partial charge is 0.140 e. The van der Waals surface area contributed by atoms with Crippen LogP contribution < -0.4 is 0 Å². The number of Topliss-reactive ketones (excluding diaryl/α,β-unsaturated/α-hetero) is 1. The zero-order valence-corrected chi connectivity index (χ0v) is 8.97. The van der Waals surface area contributed by atoms with Crippen LogP contribution in [0.4, 0.5) is 0 Å². The molecule has 1 atom stereocenters. The van der Waals surface area contributed by atoms with Gasteiger partial charge < -0.3 is 0 Å². The van der Waals surface area contributed by atoms with Gasteiger partial charge in [-0.25, -0.2) is 0 Å². The molecular weight excluding hydrogens is 196 g/mol. The van der Waals surface area contributed by atoms with Gasteiger partial charge in [-0.15, -0.1) is 0 Å². The standard InChI is InChI=1S/C12H13ClO/c1-8-5-6-9(11(13)7-8)10-3-2-4-12(10)14/h5-7,10H,2-4H2,1H3. The van der Waals surface area contributed by atoms with Crippen molar-refractivity contribution in [2.45, 2.75) is 32.1 Å². The molecule has 14 heavy (non-hydrogen) atoms. The van der Waals surface area contributed by atoms with Gasteiger partial charge in [0.15, 0.2) is 0 Å². The summed E-state index contributed by atoms with van der Waals surface area (Å²) in [4.78, 5) is 11.6. The number of hydrogen-bond acceptors (Lipinski definition) is 1. The molecule has 0 saturated heterocycles. The Balaban J connectivity index is 2.36. The van der Waals surface area contributed by atoms with E-state index in [9.17, 15) is 4.79 Å². The molecule has 0 amide bonds. The monoisotopic (exact) mass is 208 g/mol. The van der Waals surface area contributed by atoms with Crippen molar-refractivity contribution < 1.29 is 4.79 Å². The zero-order chi connectivity index (χ0) is 10.1. The van der Waals surface area contributed by atoms with Crippen LogP contribution in [-0.2, 0) is 4.79 Å². The Hall–Kier alpha value is -0.820. The lowest BCUT2D eigenvalue weighted by atomic mass is 9.96. The maximum Gasteiger partial charge on any atom is 0.140 e. The molecule has 74 valence electrons. The van der Waals surface area contributed by atoms with Crippen molar-refractivity contribution in [1.29, 1.82) is 0 Å². The first-order chi connectivity index (χ1) is 6.68. The molecule has 2 heteroatoms. The van der Waals surface area contributed by atoms with Crippen LogP contribution in [0.5, 0.6) is 0 Å². The molecule has 2 rings (SSSR count). The van der Waals surface area contributed by atoms with Gasteiger partial charge in [0.1, 0.15) is 5.78 Å². The summed E-state index contributed by atoms with van der Waals surface area (Å²) in [5.41, 5.74) is 2.16. The second-order valence-electron chi connectivity index (χ2n) is 3.94. The van der Waals surface area contributed by atoms with E-state index < -0.39 is 0 Å². The van der Waals surface area contributed by atoms with E-state index in [-0.39, 0.29) is 5.92 Å². The molecule has 0 bridgehead atoms. The van der Waals surface area contributed by atoms with Crippen LogP contribution in [0.2, 0.25) is 5.02 Å². The molecule has 1 aliphatic carbocycles. The predicted molar refractivity (Wildman–Crippen MR) is 57.8 cm³/mol. The number of carbonyl (C=O) groups excluding carboxylic acids is 1. The fourth-order valence-electron chi connectivity index (χ4n) is 2.06. The normalized spacial score (nSPS) is 21.6. The number of rotatable bonds is 1. The molecule has 1 saturated carbocycles. The minimum absolute atomic E-state index is 0.0584. The van der Waals surface area contributed by atoms with Gasteiger partial charge in [0.25, 0.3) is 0 Å². The van der Waals surface area contributed by atoms with Crippen LogP contribution in [0.1, 0.15) is 36.3 Å². The van der Waals surface area contributed by atoms with Crippen molar-refractivity contribution in [3.8, 4) is 0 Å². The molecule has 1 fully saturated rings. The number of carbonyl (C=O) groups is 1. The summed E-state index contributed by atoms with van der Waals surface area (Å²) in [6.45, 7) is 2.01. The minimum Gasteiger partial charge on any atom is -0.299 e. The van der Waals surface area contributed by atoms with Crippen LogP contribution in [0.25, 0.3) is 0 Å². The summed E-state index contributed by atoms with van der Waals surface area (Å²) in [5, 5.41) is 0.741. The van der Waals surface area contributed by atoms with E-state index in [1.807, 2.05) is 25.1 Å². The van der Waals surface area contributed by atoms with Crippen molar-refractivity contribution in [3.05, 3.63) is 34.3 Å². The average molecular weight is 209 g/mol. The maximum atomic E-state index is 11.6. The van der Waals surface area contributed by atoms with Crippen LogP contribution in [-0.4, -0.2) is 5.78 Å². The van der Waals surface area contributed by atoms with E-state index in [1.165, 1.54) is 0 Å². The van der Waals surface area contributed by atoms with Gasteiger partial charge >= 0.3 is 0 Å². The molecule has 0 heterocycles. The Morgan fingerprint density at radius 2 is 2.21 bits per heavy atom. The quantitative estimate of drug-likeness (QED) is 0.691. The Bertz CT molecular complexity index is 371. The number of ketones is 1. The molecule has 0 aromatic heterocycles. The second kappa shape index (κ2) is 3.74. The molecule has 0 N–H and O–H groups in total. The highest BCUT2D eigenvalue weighted by Gasteiger charge is 2.27. The molecule has 1 aliphatic rings. The van der Waals surface area contributed by atoms with Crippen LogP contribution in [0.3, 0.4) is 0 Å². The summed E-state index contributed by atoms with van der Waals surface area (Å²) in [6, 6.07) is 5.95. The Kier molecular flexibility index (Phi) is 2.60. The summed E-state index contributed by atoms with van der Waals surface area (Å²) in [5.74, 6) is 0.402. The predicted octanol–water partition coefficient (Wildman–Crippen LogP) is 3.49. The van der Waals surface area contributed by atoms with Gasteiger partial charge in [0.05, 0.1) is 0 Å². The van der Waals surface area contributed by atoms with Crippen molar-refractivity contribution in [2.24, 2.45) is 0 Å². The molecular formula is C12H13ClO. The molecule has 1 aromatic carbocycles. The van der Waals surface area contributed by atoms with E-state index in [1.54, 1.807) is 0 Å². The van der Waals surface area contributed by atoms with Crippen LogP contribution in [0, 0.1) is 6.92 Å². The Morgan fingerprint density at radius 3 is 2.79 bits per heavy atom. The first-order valence-electron chi connectivity index (χ1n) is 4.97. The molecule has 0 radical (unpaired) electrons. The van der Waals surface area contributed by atoms with Gasteiger partial charge in [-0.1, -0.05) is 23.7 Å². The van der Waals surface area contributed by atoms with Crippen LogP contribution >= 0.6 is 11.6 Å². The van der Waals surface area contributed by atoms with Crippen molar-refractivity contribution in [2.75, 3.05) is 0 Å². The zero-order valence-electron chi connectivity index (χ0n) is 8.22. The van der Waals surface area contributed by atoms with Crippen molar-refractivity contribution in [1.82, 2.24) is 0 Å². The van der Waals surface area contributed by atoms with Gasteiger partial charge in [-0.2, -0.15) is 0 Å². The fraction of sp³-hybridized carbons (Fsp3) is 0.417. The van der Waals surface area contributed by atoms with Crippen molar-refractivity contribution >= 4 is 17.4 Å². The number of benzene rings is 1. The molecule has 0 aliphatic heterocycles. The highest BCUT2D eigenvalue weighted by atomic mass is 35.5. The Morgan fingerprint density at radius 1 is 1.43 bits per heavy atom. The number of halogens is 1. The maximum absolute atomic E-state index is 11.6. The third-order valence-electron chi connectivity index (χ3n) is 2.84. The second-order valence-corrected chi connectivity index (χ2v) is 4.34. The van der Waals surface area contributed by atoms with E-state index in [2.05, 4.69) is 0 Å². The lowest BCUT2D eigenvalue weighted by Crippen LogP contribution is -2.04. The van der Waals surface area contributed by atoms with Gasteiger partial charge in [-0.3, -0.25) is 4.79 Å². The van der Waals surface area contributed by atoms with E-state index in [0.29, 0.717) is 5.78 Å². The highest BCUT2D eigenvalue weighted by molar-refractivity contribution is 6.31. The first kappa shape index (κ1) is 9.72. The van der Waals surface area contributed by atoms with E-state index >= 15 is 0 Å². The molecule has 1 aromatic rings. The number of aryl methyl sites for hydroxylation is 1. The van der Waals surface area contributed by atoms with Gasteiger partial charge in [-0.05, 0) is 37.0 Å². The SMILES string of the molecule is Cc1ccc(C2CCCC2=O)c(Cl)c1. The van der Waals surface area contributed by atoms with Gasteiger partial charge in [0.2, 0.25) is 0 Å². The van der Waals surface area contributed by atoms with Gasteiger partial charge in [0, 0.05) is 17.4 Å². The third-order valence-corrected chi connectivity index (χ3v) is 3.16. The molecule has 0 spiro atoms. The van der Waals surface area contributed by atoms with Crippen LogP contribution in [0.15, 0.2) is 18.2 Å². The minimum atomic E-state index is 0.0584. The average Bonchev–Trinajstić information content (AvgIpc) is 2.52. The summed E-state index contributed by atoms with van der Waals surface area (Å²) in [6.07, 6.45) is 2.68. The third kappa shape index (κ3) is 1.69. The fourth-order valence-corrected chi connectivity index (χ4v) is 2.43. The Labute approximate surface area is 89.1 Å². The van der Waals surface area contributed by atoms with E-state index in [4.69, 9.17) is 11.6 Å². The summed E-state index contributed by atoms with van der Waals surface area (Å²) < 4.78 is 0. The topological polar surface area (TPSA) is 17.1 Å². The number of hydrogen-bond donors (Lipinski definition) is 0.